The molecule has 0 aliphatic carbocycles. The van der Waals surface area contributed by atoms with Crippen molar-refractivity contribution in [1.82, 2.24) is 10.3 Å². The van der Waals surface area contributed by atoms with E-state index in [1.807, 2.05) is 5.51 Å². The highest BCUT2D eigenvalue weighted by Crippen LogP contribution is 2.25. The number of aromatic nitrogens is 1. The lowest BCUT2D eigenvalue weighted by atomic mass is 10.2. The summed E-state index contributed by atoms with van der Waals surface area (Å²) < 4.78 is 0. The predicted octanol–water partition coefficient (Wildman–Crippen LogP) is 2.17. The van der Waals surface area contributed by atoms with Crippen molar-refractivity contribution in [2.45, 2.75) is 31.1 Å². The molecule has 1 N–H and O–H groups in total. The predicted molar refractivity (Wildman–Crippen MR) is 64.1 cm³/mol. The van der Waals surface area contributed by atoms with Crippen LogP contribution >= 0.6 is 23.1 Å². The number of hydrogen-bond acceptors (Lipinski definition) is 4. The van der Waals surface area contributed by atoms with Crippen LogP contribution < -0.4 is 5.32 Å². The molecule has 0 spiro atoms. The van der Waals surface area contributed by atoms with Crippen molar-refractivity contribution in [3.63, 3.8) is 0 Å². The number of rotatable bonds is 4. The van der Waals surface area contributed by atoms with Gasteiger partial charge in [-0.15, -0.1) is 11.3 Å². The molecule has 1 aromatic rings. The summed E-state index contributed by atoms with van der Waals surface area (Å²) in [6, 6.07) is 0.730. The second-order valence-electron chi connectivity index (χ2n) is 3.76. The maximum atomic E-state index is 4.27. The lowest BCUT2D eigenvalue weighted by Crippen LogP contribution is -2.30. The second-order valence-corrected chi connectivity index (χ2v) is 5.95. The van der Waals surface area contributed by atoms with E-state index in [4.69, 9.17) is 0 Å². The van der Waals surface area contributed by atoms with Crippen LogP contribution in [0.5, 0.6) is 0 Å². The van der Waals surface area contributed by atoms with Crippen LogP contribution in [0.2, 0.25) is 0 Å². The standard InChI is InChI=1S/C10H16N2S2/c1-8-4-10(6-14-8)11-3-2-9-5-13-7-12-9/h5,7-8,10-11H,2-4,6H2,1H3. The van der Waals surface area contributed by atoms with Crippen molar-refractivity contribution in [3.8, 4) is 0 Å². The van der Waals surface area contributed by atoms with E-state index in [2.05, 4.69) is 34.4 Å². The Kier molecular flexibility index (Phi) is 3.84. The number of hydrogen-bond donors (Lipinski definition) is 1. The molecule has 0 aromatic carbocycles. The fourth-order valence-corrected chi connectivity index (χ4v) is 3.50. The molecule has 2 unspecified atom stereocenters. The van der Waals surface area contributed by atoms with Gasteiger partial charge in [0.1, 0.15) is 0 Å². The molecule has 1 aliphatic rings. The van der Waals surface area contributed by atoms with Crippen LogP contribution in [0, 0.1) is 0 Å². The molecule has 4 heteroatoms. The minimum absolute atomic E-state index is 0.730. The van der Waals surface area contributed by atoms with Crippen molar-refractivity contribution >= 4 is 23.1 Å². The quantitative estimate of drug-likeness (QED) is 0.855. The van der Waals surface area contributed by atoms with Crippen molar-refractivity contribution in [3.05, 3.63) is 16.6 Å². The van der Waals surface area contributed by atoms with E-state index in [9.17, 15) is 0 Å². The van der Waals surface area contributed by atoms with E-state index in [1.165, 1.54) is 17.9 Å². The van der Waals surface area contributed by atoms with Crippen LogP contribution in [0.3, 0.4) is 0 Å². The summed E-state index contributed by atoms with van der Waals surface area (Å²) in [4.78, 5) is 4.27. The third kappa shape index (κ3) is 2.97. The van der Waals surface area contributed by atoms with Crippen molar-refractivity contribution in [1.29, 1.82) is 0 Å². The molecule has 2 heterocycles. The highest BCUT2D eigenvalue weighted by molar-refractivity contribution is 8.00. The average Bonchev–Trinajstić information content (AvgIpc) is 2.77. The van der Waals surface area contributed by atoms with Gasteiger partial charge >= 0.3 is 0 Å². The molecule has 0 saturated carbocycles. The zero-order valence-corrected chi connectivity index (χ0v) is 10.0. The van der Waals surface area contributed by atoms with E-state index in [1.54, 1.807) is 11.3 Å². The van der Waals surface area contributed by atoms with Gasteiger partial charge < -0.3 is 5.32 Å². The summed E-state index contributed by atoms with van der Waals surface area (Å²) >= 11 is 3.76. The van der Waals surface area contributed by atoms with Crippen LogP contribution in [0.1, 0.15) is 19.0 Å². The molecule has 1 aliphatic heterocycles. The van der Waals surface area contributed by atoms with Gasteiger partial charge in [0.2, 0.25) is 0 Å². The SMILES string of the molecule is CC1CC(NCCc2cscn2)CS1. The Morgan fingerprint density at radius 1 is 1.64 bits per heavy atom. The first-order chi connectivity index (χ1) is 6.84. The number of thiazole rings is 1. The lowest BCUT2D eigenvalue weighted by molar-refractivity contribution is 0.540. The summed E-state index contributed by atoms with van der Waals surface area (Å²) in [5, 5.41) is 6.57. The van der Waals surface area contributed by atoms with Crippen LogP contribution in [0.25, 0.3) is 0 Å². The highest BCUT2D eigenvalue weighted by Gasteiger charge is 2.20. The number of nitrogens with one attached hydrogen (secondary N) is 1. The first kappa shape index (κ1) is 10.5. The normalized spacial score (nSPS) is 26.9. The van der Waals surface area contributed by atoms with E-state index in [0.717, 1.165) is 24.3 Å². The lowest BCUT2D eigenvalue weighted by Gasteiger charge is -2.10. The van der Waals surface area contributed by atoms with Gasteiger partial charge in [-0.2, -0.15) is 11.8 Å². The van der Waals surface area contributed by atoms with Gasteiger partial charge in [0.25, 0.3) is 0 Å². The monoisotopic (exact) mass is 228 g/mol. The average molecular weight is 228 g/mol. The third-order valence-electron chi connectivity index (χ3n) is 2.50. The minimum atomic E-state index is 0.730. The summed E-state index contributed by atoms with van der Waals surface area (Å²) in [5.41, 5.74) is 3.13. The molecule has 1 aromatic heterocycles. The molecule has 0 amide bonds. The van der Waals surface area contributed by atoms with Crippen LogP contribution in [-0.4, -0.2) is 28.6 Å². The van der Waals surface area contributed by atoms with Crippen molar-refractivity contribution < 1.29 is 0 Å². The molecule has 1 fully saturated rings. The molecule has 2 rings (SSSR count). The fraction of sp³-hybridized carbons (Fsp3) is 0.700. The number of nitrogens with zero attached hydrogens (tertiary/aromatic N) is 1. The summed E-state index contributed by atoms with van der Waals surface area (Å²) in [7, 11) is 0. The summed E-state index contributed by atoms with van der Waals surface area (Å²) in [6.07, 6.45) is 2.39. The maximum absolute atomic E-state index is 4.27. The van der Waals surface area contributed by atoms with E-state index < -0.39 is 0 Å². The Bertz CT molecular complexity index is 261. The molecular formula is C10H16N2S2. The zero-order valence-electron chi connectivity index (χ0n) is 8.40. The second kappa shape index (κ2) is 5.14. The fourth-order valence-electron chi connectivity index (χ4n) is 1.72. The topological polar surface area (TPSA) is 24.9 Å². The number of thioether (sulfide) groups is 1. The first-order valence-corrected chi connectivity index (χ1v) is 7.06. The Labute approximate surface area is 93.5 Å². The Morgan fingerprint density at radius 3 is 3.21 bits per heavy atom. The highest BCUT2D eigenvalue weighted by atomic mass is 32.2. The Morgan fingerprint density at radius 2 is 2.57 bits per heavy atom. The first-order valence-electron chi connectivity index (χ1n) is 5.06. The van der Waals surface area contributed by atoms with Gasteiger partial charge in [0.05, 0.1) is 11.2 Å². The van der Waals surface area contributed by atoms with Gasteiger partial charge in [-0.3, -0.25) is 0 Å². The van der Waals surface area contributed by atoms with Crippen molar-refractivity contribution in [2.75, 3.05) is 12.3 Å². The molecule has 78 valence electrons. The maximum Gasteiger partial charge on any atom is 0.0794 e. The largest absolute Gasteiger partial charge is 0.313 e. The van der Waals surface area contributed by atoms with Gasteiger partial charge in [-0.05, 0) is 6.42 Å². The Balaban J connectivity index is 1.64. The van der Waals surface area contributed by atoms with Gasteiger partial charge in [0, 0.05) is 35.4 Å². The molecular weight excluding hydrogens is 212 g/mol. The molecule has 2 nitrogen and oxygen atoms in total. The van der Waals surface area contributed by atoms with Gasteiger partial charge in [0.15, 0.2) is 0 Å². The van der Waals surface area contributed by atoms with Crippen LogP contribution in [0.4, 0.5) is 0 Å². The zero-order chi connectivity index (χ0) is 9.80. The van der Waals surface area contributed by atoms with Gasteiger partial charge in [-0.25, -0.2) is 4.98 Å². The molecule has 14 heavy (non-hydrogen) atoms. The Hall–Kier alpha value is -0.0600. The molecule has 0 radical (unpaired) electrons. The molecule has 1 saturated heterocycles. The third-order valence-corrected chi connectivity index (χ3v) is 4.49. The van der Waals surface area contributed by atoms with Crippen LogP contribution in [0.15, 0.2) is 10.9 Å². The summed E-state index contributed by atoms with van der Waals surface area (Å²) in [5.74, 6) is 1.28. The van der Waals surface area contributed by atoms with Gasteiger partial charge in [-0.1, -0.05) is 6.92 Å². The summed E-state index contributed by atoms with van der Waals surface area (Å²) in [6.45, 7) is 3.38. The van der Waals surface area contributed by atoms with E-state index >= 15 is 0 Å². The van der Waals surface area contributed by atoms with Crippen molar-refractivity contribution in [2.24, 2.45) is 0 Å². The molecule has 2 atom stereocenters. The smallest absolute Gasteiger partial charge is 0.0794 e. The minimum Gasteiger partial charge on any atom is -0.313 e. The van der Waals surface area contributed by atoms with E-state index in [-0.39, 0.29) is 0 Å². The van der Waals surface area contributed by atoms with E-state index in [0.29, 0.717) is 0 Å². The molecule has 0 bridgehead atoms. The van der Waals surface area contributed by atoms with Crippen LogP contribution in [-0.2, 0) is 6.42 Å².